The smallest absolute Gasteiger partial charge is 0.350 e. The van der Waals surface area contributed by atoms with E-state index < -0.39 is 17.4 Å². The van der Waals surface area contributed by atoms with Gasteiger partial charge < -0.3 is 14.3 Å². The fraction of sp³-hybridized carbons (Fsp3) is 0.438. The van der Waals surface area contributed by atoms with Crippen molar-refractivity contribution in [2.45, 2.75) is 39.0 Å². The number of methoxy groups -OCH3 is 1. The van der Waals surface area contributed by atoms with Gasteiger partial charge in [-0.15, -0.1) is 0 Å². The molecule has 1 aromatic rings. The number of Topliss-reactive ketones (excluding diaryl/α,β-unsaturated/α-hetero) is 1. The van der Waals surface area contributed by atoms with Crippen molar-refractivity contribution >= 4 is 11.8 Å². The van der Waals surface area contributed by atoms with Gasteiger partial charge in [-0.3, -0.25) is 4.79 Å². The van der Waals surface area contributed by atoms with Crippen molar-refractivity contribution in [3.05, 3.63) is 40.0 Å². The summed E-state index contributed by atoms with van der Waals surface area (Å²) in [5.41, 5.74) is -1.12. The molecule has 1 heterocycles. The van der Waals surface area contributed by atoms with Gasteiger partial charge in [0, 0.05) is 24.5 Å². The molecule has 1 atom stereocenters. The van der Waals surface area contributed by atoms with E-state index in [0.29, 0.717) is 18.6 Å². The van der Waals surface area contributed by atoms with Crippen molar-refractivity contribution in [2.24, 2.45) is 0 Å². The summed E-state index contributed by atoms with van der Waals surface area (Å²) in [6.45, 7) is 3.43. The standard InChI is InChI=1S/C16H20O6/c1-4-11(17)15-12(18)9-13(22-16(15)20)10(2)7-5-6-8-14(19)21-3/h6,8-10,18H,4-5,7H2,1-3H3/b8-6+. The molecule has 0 aliphatic carbocycles. The Morgan fingerprint density at radius 3 is 2.68 bits per heavy atom. The first kappa shape index (κ1) is 17.7. The van der Waals surface area contributed by atoms with Gasteiger partial charge in [-0.2, -0.15) is 0 Å². The second-order valence-corrected chi connectivity index (χ2v) is 4.88. The van der Waals surface area contributed by atoms with E-state index in [-0.39, 0.29) is 23.7 Å². The highest BCUT2D eigenvalue weighted by Gasteiger charge is 2.19. The lowest BCUT2D eigenvalue weighted by Crippen LogP contribution is -2.15. The number of carbonyl (C=O) groups is 2. The van der Waals surface area contributed by atoms with E-state index in [2.05, 4.69) is 4.74 Å². The summed E-state index contributed by atoms with van der Waals surface area (Å²) in [5.74, 6) is -1.07. The molecule has 0 aliphatic rings. The SMILES string of the molecule is CCC(=O)c1c(O)cc(C(C)CC/C=C/C(=O)OC)oc1=O. The summed E-state index contributed by atoms with van der Waals surface area (Å²) in [4.78, 5) is 34.3. The lowest BCUT2D eigenvalue weighted by Gasteiger charge is -2.10. The molecule has 0 aromatic carbocycles. The predicted octanol–water partition coefficient (Wildman–Crippen LogP) is 2.55. The zero-order valence-corrected chi connectivity index (χ0v) is 12.9. The topological polar surface area (TPSA) is 93.8 Å². The van der Waals surface area contributed by atoms with Crippen molar-refractivity contribution in [3.8, 4) is 5.75 Å². The second-order valence-electron chi connectivity index (χ2n) is 4.88. The van der Waals surface area contributed by atoms with Crippen molar-refractivity contribution < 1.29 is 23.8 Å². The molecule has 0 radical (unpaired) electrons. The molecule has 0 amide bonds. The maximum atomic E-state index is 11.8. The number of carbonyl (C=O) groups excluding carboxylic acids is 2. The molecule has 6 nitrogen and oxygen atoms in total. The van der Waals surface area contributed by atoms with E-state index in [1.165, 1.54) is 19.3 Å². The van der Waals surface area contributed by atoms with Crippen molar-refractivity contribution in [3.63, 3.8) is 0 Å². The predicted molar refractivity (Wildman–Crippen MR) is 80.1 cm³/mol. The van der Waals surface area contributed by atoms with E-state index in [4.69, 9.17) is 4.42 Å². The minimum Gasteiger partial charge on any atom is -0.507 e. The molecule has 0 fully saturated rings. The molecular weight excluding hydrogens is 288 g/mol. The van der Waals surface area contributed by atoms with E-state index >= 15 is 0 Å². The third-order valence-corrected chi connectivity index (χ3v) is 3.26. The van der Waals surface area contributed by atoms with E-state index in [9.17, 15) is 19.5 Å². The lowest BCUT2D eigenvalue weighted by atomic mass is 10.0. The average Bonchev–Trinajstić information content (AvgIpc) is 2.49. The van der Waals surface area contributed by atoms with Gasteiger partial charge in [0.1, 0.15) is 17.1 Å². The summed E-state index contributed by atoms with van der Waals surface area (Å²) in [7, 11) is 1.30. The van der Waals surface area contributed by atoms with Gasteiger partial charge in [-0.25, -0.2) is 9.59 Å². The highest BCUT2D eigenvalue weighted by atomic mass is 16.5. The van der Waals surface area contributed by atoms with Crippen molar-refractivity contribution in [1.82, 2.24) is 0 Å². The molecule has 1 unspecified atom stereocenters. The summed E-state index contributed by atoms with van der Waals surface area (Å²) in [6.07, 6.45) is 4.29. The van der Waals surface area contributed by atoms with Gasteiger partial charge in [0.05, 0.1) is 7.11 Å². The molecule has 1 aromatic heterocycles. The number of esters is 1. The summed E-state index contributed by atoms with van der Waals surface area (Å²) in [5, 5.41) is 9.84. The minimum atomic E-state index is -0.821. The Morgan fingerprint density at radius 2 is 2.14 bits per heavy atom. The number of hydrogen-bond acceptors (Lipinski definition) is 6. The van der Waals surface area contributed by atoms with Crippen LogP contribution in [0.1, 0.15) is 55.1 Å². The second kappa shape index (κ2) is 8.17. The van der Waals surface area contributed by atoms with Crippen LogP contribution in [0, 0.1) is 0 Å². The van der Waals surface area contributed by atoms with Crippen LogP contribution in [0.25, 0.3) is 0 Å². The number of allylic oxidation sites excluding steroid dienone is 1. The highest BCUT2D eigenvalue weighted by Crippen LogP contribution is 2.25. The molecule has 0 spiro atoms. The summed E-state index contributed by atoms with van der Waals surface area (Å²) in [6, 6.07) is 1.30. The van der Waals surface area contributed by atoms with E-state index in [1.54, 1.807) is 13.0 Å². The molecule has 120 valence electrons. The van der Waals surface area contributed by atoms with Gasteiger partial charge in [-0.1, -0.05) is 19.9 Å². The van der Waals surface area contributed by atoms with E-state index in [0.717, 1.165) is 0 Å². The lowest BCUT2D eigenvalue weighted by molar-refractivity contribution is -0.134. The monoisotopic (exact) mass is 308 g/mol. The Kier molecular flexibility index (Phi) is 6.56. The number of aromatic hydroxyl groups is 1. The molecular formula is C16H20O6. The van der Waals surface area contributed by atoms with Crippen LogP contribution in [0.3, 0.4) is 0 Å². The van der Waals surface area contributed by atoms with Crippen LogP contribution in [0.15, 0.2) is 27.4 Å². The molecule has 0 aliphatic heterocycles. The zero-order valence-electron chi connectivity index (χ0n) is 12.9. The normalized spacial score (nSPS) is 12.3. The first-order valence-electron chi connectivity index (χ1n) is 7.05. The number of ketones is 1. The Morgan fingerprint density at radius 1 is 1.45 bits per heavy atom. The van der Waals surface area contributed by atoms with Crippen LogP contribution >= 0.6 is 0 Å². The number of rotatable bonds is 7. The fourth-order valence-corrected chi connectivity index (χ4v) is 1.91. The van der Waals surface area contributed by atoms with Crippen molar-refractivity contribution in [1.29, 1.82) is 0 Å². The van der Waals surface area contributed by atoms with Crippen LogP contribution in [0.4, 0.5) is 0 Å². The summed E-state index contributed by atoms with van der Waals surface area (Å²) < 4.78 is 9.59. The van der Waals surface area contributed by atoms with Crippen LogP contribution in [-0.4, -0.2) is 24.0 Å². The van der Waals surface area contributed by atoms with E-state index in [1.807, 2.05) is 6.92 Å². The molecule has 0 bridgehead atoms. The van der Waals surface area contributed by atoms with Crippen LogP contribution in [0.5, 0.6) is 5.75 Å². The molecule has 0 saturated heterocycles. The molecule has 1 N–H and O–H groups in total. The van der Waals surface area contributed by atoms with Gasteiger partial charge >= 0.3 is 11.6 Å². The quantitative estimate of drug-likeness (QED) is 0.472. The fourth-order valence-electron chi connectivity index (χ4n) is 1.91. The first-order chi connectivity index (χ1) is 10.4. The molecule has 1 rings (SSSR count). The van der Waals surface area contributed by atoms with Gasteiger partial charge in [0.15, 0.2) is 5.78 Å². The van der Waals surface area contributed by atoms with Crippen LogP contribution < -0.4 is 5.63 Å². The number of ether oxygens (including phenoxy) is 1. The zero-order chi connectivity index (χ0) is 16.7. The Hall–Kier alpha value is -2.37. The molecule has 22 heavy (non-hydrogen) atoms. The third kappa shape index (κ3) is 4.58. The van der Waals surface area contributed by atoms with Crippen LogP contribution in [0.2, 0.25) is 0 Å². The van der Waals surface area contributed by atoms with Crippen molar-refractivity contribution in [2.75, 3.05) is 7.11 Å². The van der Waals surface area contributed by atoms with Gasteiger partial charge in [-0.05, 0) is 12.8 Å². The minimum absolute atomic E-state index is 0.117. The largest absolute Gasteiger partial charge is 0.507 e. The maximum Gasteiger partial charge on any atom is 0.350 e. The van der Waals surface area contributed by atoms with Gasteiger partial charge in [0.25, 0.3) is 0 Å². The Balaban J connectivity index is 2.81. The maximum absolute atomic E-state index is 11.8. The number of hydrogen-bond donors (Lipinski definition) is 1. The first-order valence-corrected chi connectivity index (χ1v) is 7.05. The summed E-state index contributed by atoms with van der Waals surface area (Å²) >= 11 is 0. The van der Waals surface area contributed by atoms with Crippen LogP contribution in [-0.2, 0) is 9.53 Å². The Bertz CT molecular complexity index is 626. The Labute approximate surface area is 128 Å². The molecule has 6 heteroatoms. The third-order valence-electron chi connectivity index (χ3n) is 3.26. The highest BCUT2D eigenvalue weighted by molar-refractivity contribution is 5.97. The van der Waals surface area contributed by atoms with Gasteiger partial charge in [0.2, 0.25) is 0 Å². The average molecular weight is 308 g/mol. The molecule has 0 saturated carbocycles.